The molecule has 0 radical (unpaired) electrons. The number of aliphatic carboxylic acids is 2. The summed E-state index contributed by atoms with van der Waals surface area (Å²) in [4.78, 5) is 24.4. The van der Waals surface area contributed by atoms with Crippen LogP contribution in [0.2, 0.25) is 0 Å². The number of para-hydroxylation sites is 1. The summed E-state index contributed by atoms with van der Waals surface area (Å²) in [6, 6.07) is 15.4. The number of hydrogen-bond acceptors (Lipinski definition) is 7. The zero-order chi connectivity index (χ0) is 22.8. The average molecular weight is 464 g/mol. The molecule has 2 unspecified atom stereocenters. The molecular weight excluding hydrogens is 434 g/mol. The molecular formula is C24H30ClNO6-2. The molecule has 2 aromatic rings. The summed E-state index contributed by atoms with van der Waals surface area (Å²) in [6.07, 6.45) is 0.900. The number of ether oxygens (including phenoxy) is 2. The topological polar surface area (TPSA) is 102 Å². The lowest BCUT2D eigenvalue weighted by atomic mass is 9.89. The number of rotatable bonds is 13. The van der Waals surface area contributed by atoms with E-state index < -0.39 is 30.2 Å². The minimum atomic E-state index is -1.42. The molecule has 32 heavy (non-hydrogen) atoms. The molecule has 0 N–H and O–H groups in total. The summed E-state index contributed by atoms with van der Waals surface area (Å²) < 4.78 is 11.3. The van der Waals surface area contributed by atoms with Gasteiger partial charge in [-0.25, -0.2) is 0 Å². The smallest absolute Gasteiger partial charge is 0.122 e. The third-order valence-electron chi connectivity index (χ3n) is 5.10. The van der Waals surface area contributed by atoms with E-state index in [9.17, 15) is 19.8 Å². The van der Waals surface area contributed by atoms with Crippen molar-refractivity contribution in [3.63, 3.8) is 0 Å². The molecule has 0 aliphatic heterocycles. The summed E-state index contributed by atoms with van der Waals surface area (Å²) in [7, 11) is 5.22. The van der Waals surface area contributed by atoms with Gasteiger partial charge in [-0.05, 0) is 62.7 Å². The van der Waals surface area contributed by atoms with Crippen LogP contribution in [-0.2, 0) is 22.4 Å². The first-order valence-corrected chi connectivity index (χ1v) is 10.2. The average Bonchev–Trinajstić information content (AvgIpc) is 2.73. The lowest BCUT2D eigenvalue weighted by Gasteiger charge is -2.30. The first-order chi connectivity index (χ1) is 14.8. The molecule has 0 bridgehead atoms. The van der Waals surface area contributed by atoms with Gasteiger partial charge in [-0.1, -0.05) is 30.3 Å². The molecule has 0 saturated carbocycles. The number of methoxy groups -OCH3 is 1. The number of hydrogen-bond donors (Lipinski definition) is 0. The van der Waals surface area contributed by atoms with Crippen molar-refractivity contribution in [2.75, 3.05) is 34.4 Å². The van der Waals surface area contributed by atoms with Gasteiger partial charge in [0, 0.05) is 30.3 Å². The molecule has 2 rings (SSSR count). The maximum atomic E-state index is 11.6. The highest BCUT2D eigenvalue weighted by atomic mass is 35.5. The lowest BCUT2D eigenvalue weighted by molar-refractivity contribution is -0.322. The molecule has 176 valence electrons. The van der Waals surface area contributed by atoms with E-state index in [0.717, 1.165) is 29.7 Å². The van der Waals surface area contributed by atoms with Crippen LogP contribution in [0.1, 0.15) is 17.5 Å². The molecule has 0 aromatic heterocycles. The normalized spacial score (nSPS) is 12.5. The quantitative estimate of drug-likeness (QED) is 0.436. The van der Waals surface area contributed by atoms with Crippen molar-refractivity contribution in [1.29, 1.82) is 0 Å². The predicted molar refractivity (Wildman–Crippen MR) is 120 cm³/mol. The molecule has 2 atom stereocenters. The largest absolute Gasteiger partial charge is 0.550 e. The van der Waals surface area contributed by atoms with E-state index in [4.69, 9.17) is 9.47 Å². The van der Waals surface area contributed by atoms with Crippen molar-refractivity contribution in [2.24, 2.45) is 11.8 Å². The highest BCUT2D eigenvalue weighted by molar-refractivity contribution is 5.85. The van der Waals surface area contributed by atoms with Crippen molar-refractivity contribution in [1.82, 2.24) is 4.90 Å². The van der Waals surface area contributed by atoms with Crippen LogP contribution in [0.4, 0.5) is 0 Å². The van der Waals surface area contributed by atoms with E-state index in [1.54, 1.807) is 26.1 Å². The molecule has 0 saturated heterocycles. The molecule has 0 heterocycles. The predicted octanol–water partition coefficient (Wildman–Crippen LogP) is 0.965. The van der Waals surface area contributed by atoms with Crippen LogP contribution >= 0.6 is 12.4 Å². The van der Waals surface area contributed by atoms with Gasteiger partial charge >= 0.3 is 0 Å². The summed E-state index contributed by atoms with van der Waals surface area (Å²) in [6.45, 7) is 0.401. The summed E-state index contributed by atoms with van der Waals surface area (Å²) in [5.41, 5.74) is 2.12. The Morgan fingerprint density at radius 3 is 2.38 bits per heavy atom. The number of carboxylic acid groups (broad SMARTS) is 2. The SMILES string of the molecule is COc1cccc(CCc2ccccc2OCC(CN(C)C)C(CC(=O)[O-])C(=O)[O-])c1.Cl. The minimum Gasteiger partial charge on any atom is -0.550 e. The highest BCUT2D eigenvalue weighted by Crippen LogP contribution is 2.24. The first kappa shape index (κ1) is 27.3. The van der Waals surface area contributed by atoms with Gasteiger partial charge < -0.3 is 34.2 Å². The van der Waals surface area contributed by atoms with Crippen LogP contribution in [0.5, 0.6) is 11.5 Å². The highest BCUT2D eigenvalue weighted by Gasteiger charge is 2.25. The molecule has 7 nitrogen and oxygen atoms in total. The van der Waals surface area contributed by atoms with Crippen LogP contribution in [0, 0.1) is 11.8 Å². The van der Waals surface area contributed by atoms with Crippen molar-refractivity contribution in [3.8, 4) is 11.5 Å². The summed E-state index contributed by atoms with van der Waals surface area (Å²) in [5, 5.41) is 22.6. The van der Waals surface area contributed by atoms with Crippen LogP contribution in [0.15, 0.2) is 48.5 Å². The van der Waals surface area contributed by atoms with Crippen LogP contribution in [0.3, 0.4) is 0 Å². The van der Waals surface area contributed by atoms with E-state index in [0.29, 0.717) is 12.3 Å². The molecule has 0 spiro atoms. The van der Waals surface area contributed by atoms with Crippen LogP contribution in [-0.4, -0.2) is 51.2 Å². The maximum Gasteiger partial charge on any atom is 0.122 e. The fourth-order valence-corrected chi connectivity index (χ4v) is 3.54. The van der Waals surface area contributed by atoms with Gasteiger partial charge in [0.05, 0.1) is 13.7 Å². The Kier molecular flexibility index (Phi) is 11.6. The molecule has 2 aromatic carbocycles. The second-order valence-electron chi connectivity index (χ2n) is 7.79. The van der Waals surface area contributed by atoms with Crippen molar-refractivity contribution < 1.29 is 29.3 Å². The van der Waals surface area contributed by atoms with Gasteiger partial charge in [-0.3, -0.25) is 0 Å². The standard InChI is InChI=1S/C24H31NO6.ClH/c1-25(2)15-19(21(24(28)29)14-23(26)27)16-31-22-10-5-4-8-18(22)12-11-17-7-6-9-20(13-17)30-3;/h4-10,13,19,21H,11-12,14-16H2,1-3H3,(H,26,27)(H,28,29);1H/p-2. The van der Waals surface area contributed by atoms with Gasteiger partial charge in [0.2, 0.25) is 0 Å². The van der Waals surface area contributed by atoms with Crippen LogP contribution < -0.4 is 19.7 Å². The first-order valence-electron chi connectivity index (χ1n) is 10.2. The third-order valence-corrected chi connectivity index (χ3v) is 5.10. The lowest BCUT2D eigenvalue weighted by Crippen LogP contribution is -2.44. The Balaban J connectivity index is 0.00000512. The fraction of sp³-hybridized carbons (Fsp3) is 0.417. The van der Waals surface area contributed by atoms with Crippen LogP contribution in [0.25, 0.3) is 0 Å². The number of carbonyl (C=O) groups is 2. The van der Waals surface area contributed by atoms with Gasteiger partial charge in [-0.2, -0.15) is 0 Å². The van der Waals surface area contributed by atoms with E-state index in [2.05, 4.69) is 0 Å². The van der Waals surface area contributed by atoms with Gasteiger partial charge in [-0.15, -0.1) is 12.4 Å². The third kappa shape index (κ3) is 8.77. The van der Waals surface area contributed by atoms with E-state index in [1.165, 1.54) is 0 Å². The number of aryl methyl sites for hydroxylation is 2. The molecule has 0 aliphatic carbocycles. The van der Waals surface area contributed by atoms with E-state index in [1.807, 2.05) is 48.5 Å². The fourth-order valence-electron chi connectivity index (χ4n) is 3.54. The Bertz CT molecular complexity index is 873. The molecule has 0 aliphatic rings. The monoisotopic (exact) mass is 463 g/mol. The number of benzene rings is 2. The number of halogens is 1. The molecule has 8 heteroatoms. The zero-order valence-corrected chi connectivity index (χ0v) is 19.4. The number of carboxylic acids is 2. The second kappa shape index (κ2) is 13.6. The van der Waals surface area contributed by atoms with Crippen molar-refractivity contribution in [2.45, 2.75) is 19.3 Å². The van der Waals surface area contributed by atoms with E-state index in [-0.39, 0.29) is 19.0 Å². The van der Waals surface area contributed by atoms with Gasteiger partial charge in [0.25, 0.3) is 0 Å². The van der Waals surface area contributed by atoms with Gasteiger partial charge in [0.1, 0.15) is 11.5 Å². The second-order valence-corrected chi connectivity index (χ2v) is 7.79. The molecule has 0 fully saturated rings. The maximum absolute atomic E-state index is 11.6. The Hall–Kier alpha value is -2.77. The van der Waals surface area contributed by atoms with Crippen molar-refractivity contribution >= 4 is 24.3 Å². The summed E-state index contributed by atoms with van der Waals surface area (Å²) in [5.74, 6) is -3.14. The molecule has 0 amide bonds. The Morgan fingerprint density at radius 2 is 1.75 bits per heavy atom. The van der Waals surface area contributed by atoms with Gasteiger partial charge in [0.15, 0.2) is 0 Å². The summed E-state index contributed by atoms with van der Waals surface area (Å²) >= 11 is 0. The number of carbonyl (C=O) groups excluding carboxylic acids is 2. The minimum absolute atomic E-state index is 0. The Morgan fingerprint density at radius 1 is 1.03 bits per heavy atom. The van der Waals surface area contributed by atoms with E-state index >= 15 is 0 Å². The Labute approximate surface area is 195 Å². The zero-order valence-electron chi connectivity index (χ0n) is 18.6. The number of nitrogens with zero attached hydrogens (tertiary/aromatic N) is 1. The van der Waals surface area contributed by atoms with Crippen molar-refractivity contribution in [3.05, 3.63) is 59.7 Å².